The minimum atomic E-state index is -0.626. The average molecular weight is 264 g/mol. The Morgan fingerprint density at radius 1 is 1.00 bits per heavy atom. The van der Waals surface area contributed by atoms with Gasteiger partial charge in [0, 0.05) is 5.56 Å². The van der Waals surface area contributed by atoms with Gasteiger partial charge in [0.05, 0.1) is 6.26 Å². The van der Waals surface area contributed by atoms with Crippen molar-refractivity contribution in [2.24, 2.45) is 0 Å². The zero-order chi connectivity index (χ0) is 13.7. The van der Waals surface area contributed by atoms with Gasteiger partial charge in [0.2, 0.25) is 0 Å². The van der Waals surface area contributed by atoms with Gasteiger partial charge in [-0.3, -0.25) is 0 Å². The van der Waals surface area contributed by atoms with E-state index in [0.29, 0.717) is 0 Å². The molecule has 100 valence electrons. The number of hydrogen-bond acceptors (Lipinski definition) is 2. The predicted molar refractivity (Wildman–Crippen MR) is 78.9 cm³/mol. The topological polar surface area (TPSA) is 33.4 Å². The first kappa shape index (κ1) is 11.7. The number of aliphatic hydroxyl groups excluding tert-OH is 1. The van der Waals surface area contributed by atoms with Gasteiger partial charge >= 0.3 is 0 Å². The van der Waals surface area contributed by atoms with Crippen molar-refractivity contribution in [3.05, 3.63) is 70.7 Å². The number of benzene rings is 2. The van der Waals surface area contributed by atoms with Crippen LogP contribution < -0.4 is 0 Å². The van der Waals surface area contributed by atoms with Gasteiger partial charge in [-0.2, -0.15) is 0 Å². The molecular formula is C18H16O2. The highest BCUT2D eigenvalue weighted by Crippen LogP contribution is 2.37. The molecule has 2 heteroatoms. The van der Waals surface area contributed by atoms with Gasteiger partial charge in [-0.15, -0.1) is 0 Å². The monoisotopic (exact) mass is 264 g/mol. The van der Waals surface area contributed by atoms with Crippen molar-refractivity contribution in [3.8, 4) is 0 Å². The molecule has 1 heterocycles. The van der Waals surface area contributed by atoms with Crippen LogP contribution in [-0.2, 0) is 12.8 Å². The molecule has 0 radical (unpaired) electrons. The van der Waals surface area contributed by atoms with E-state index in [1.54, 1.807) is 6.26 Å². The molecule has 0 fully saturated rings. The molecule has 0 bridgehead atoms. The van der Waals surface area contributed by atoms with Gasteiger partial charge in [0.15, 0.2) is 0 Å². The Balaban J connectivity index is 1.96. The quantitative estimate of drug-likeness (QED) is 0.761. The zero-order valence-electron chi connectivity index (χ0n) is 11.4. The smallest absolute Gasteiger partial charge is 0.108 e. The molecule has 0 aliphatic heterocycles. The van der Waals surface area contributed by atoms with Crippen LogP contribution in [-0.4, -0.2) is 5.11 Å². The summed E-state index contributed by atoms with van der Waals surface area (Å²) < 4.78 is 5.32. The molecule has 0 amide bonds. The molecule has 1 N–H and O–H groups in total. The van der Waals surface area contributed by atoms with Crippen molar-refractivity contribution in [1.29, 1.82) is 0 Å². The lowest BCUT2D eigenvalue weighted by atomic mass is 9.94. The van der Waals surface area contributed by atoms with Crippen molar-refractivity contribution in [2.75, 3.05) is 0 Å². The highest BCUT2D eigenvalue weighted by Gasteiger charge is 2.21. The van der Waals surface area contributed by atoms with E-state index in [2.05, 4.69) is 30.3 Å². The summed E-state index contributed by atoms with van der Waals surface area (Å²) in [7, 11) is 0. The number of aryl methyl sites for hydroxylation is 3. The number of rotatable bonds is 2. The summed E-state index contributed by atoms with van der Waals surface area (Å²) in [5, 5.41) is 13.2. The molecule has 2 nitrogen and oxygen atoms in total. The fourth-order valence-corrected chi connectivity index (χ4v) is 3.35. The summed E-state index contributed by atoms with van der Waals surface area (Å²) >= 11 is 0. The first-order valence-corrected chi connectivity index (χ1v) is 7.01. The van der Waals surface area contributed by atoms with Crippen LogP contribution in [0.5, 0.6) is 0 Å². The summed E-state index contributed by atoms with van der Waals surface area (Å²) in [6.45, 7) is 1.89. The summed E-state index contributed by atoms with van der Waals surface area (Å²) in [6.07, 6.45) is 3.22. The van der Waals surface area contributed by atoms with Crippen molar-refractivity contribution in [3.63, 3.8) is 0 Å². The Hall–Kier alpha value is -2.06. The molecule has 1 aliphatic carbocycles. The molecule has 20 heavy (non-hydrogen) atoms. The van der Waals surface area contributed by atoms with Crippen molar-refractivity contribution < 1.29 is 9.52 Å². The minimum absolute atomic E-state index is 0.626. The second-order valence-corrected chi connectivity index (χ2v) is 5.49. The molecule has 0 saturated carbocycles. The van der Waals surface area contributed by atoms with Gasteiger partial charge in [0.25, 0.3) is 0 Å². The van der Waals surface area contributed by atoms with Crippen LogP contribution in [0.2, 0.25) is 0 Å². The largest absolute Gasteiger partial charge is 0.469 e. The maximum absolute atomic E-state index is 10.7. The Morgan fingerprint density at radius 2 is 1.80 bits per heavy atom. The highest BCUT2D eigenvalue weighted by atomic mass is 16.3. The van der Waals surface area contributed by atoms with E-state index in [1.165, 1.54) is 21.9 Å². The SMILES string of the molecule is Cc1occc1C(O)c1ccc2c3c(cccc13)CC2. The first-order valence-electron chi connectivity index (χ1n) is 7.01. The molecule has 1 unspecified atom stereocenters. The maximum Gasteiger partial charge on any atom is 0.108 e. The Morgan fingerprint density at radius 3 is 2.55 bits per heavy atom. The maximum atomic E-state index is 10.7. The minimum Gasteiger partial charge on any atom is -0.469 e. The van der Waals surface area contributed by atoms with E-state index in [4.69, 9.17) is 4.42 Å². The van der Waals surface area contributed by atoms with Gasteiger partial charge in [0.1, 0.15) is 11.9 Å². The average Bonchev–Trinajstić information content (AvgIpc) is 3.07. The molecule has 1 aliphatic rings. The lowest BCUT2D eigenvalue weighted by Crippen LogP contribution is -2.01. The summed E-state index contributed by atoms with van der Waals surface area (Å²) in [5.74, 6) is 0.778. The van der Waals surface area contributed by atoms with Gasteiger partial charge < -0.3 is 9.52 Å². The molecule has 3 aromatic rings. The molecule has 1 atom stereocenters. The van der Waals surface area contributed by atoms with E-state index >= 15 is 0 Å². The van der Waals surface area contributed by atoms with Crippen molar-refractivity contribution in [2.45, 2.75) is 25.9 Å². The Labute approximate surface area is 117 Å². The lowest BCUT2D eigenvalue weighted by Gasteiger charge is -2.14. The van der Waals surface area contributed by atoms with E-state index in [0.717, 1.165) is 29.7 Å². The third kappa shape index (κ3) is 1.55. The van der Waals surface area contributed by atoms with Gasteiger partial charge in [-0.1, -0.05) is 30.3 Å². The second-order valence-electron chi connectivity index (χ2n) is 5.49. The first-order chi connectivity index (χ1) is 9.75. The standard InChI is InChI=1S/C18H16O2/c1-11-14(9-10-20-11)18(19)16-8-7-13-6-5-12-3-2-4-15(16)17(12)13/h2-4,7-10,18-19H,5-6H2,1H3. The van der Waals surface area contributed by atoms with Crippen LogP contribution in [0.1, 0.15) is 34.1 Å². The van der Waals surface area contributed by atoms with E-state index < -0.39 is 6.10 Å². The van der Waals surface area contributed by atoms with Crippen LogP contribution in [0.4, 0.5) is 0 Å². The van der Waals surface area contributed by atoms with Crippen LogP contribution in [0, 0.1) is 6.92 Å². The predicted octanol–water partition coefficient (Wildman–Crippen LogP) is 3.92. The second kappa shape index (κ2) is 4.22. The van der Waals surface area contributed by atoms with Crippen LogP contribution >= 0.6 is 0 Å². The Bertz CT molecular complexity index is 788. The highest BCUT2D eigenvalue weighted by molar-refractivity contribution is 5.93. The van der Waals surface area contributed by atoms with Crippen molar-refractivity contribution in [1.82, 2.24) is 0 Å². The van der Waals surface area contributed by atoms with Gasteiger partial charge in [-0.05, 0) is 53.3 Å². The third-order valence-electron chi connectivity index (χ3n) is 4.40. The zero-order valence-corrected chi connectivity index (χ0v) is 11.4. The molecular weight excluding hydrogens is 248 g/mol. The number of aliphatic hydroxyl groups is 1. The summed E-state index contributed by atoms with van der Waals surface area (Å²) in [4.78, 5) is 0. The van der Waals surface area contributed by atoms with Gasteiger partial charge in [-0.25, -0.2) is 0 Å². The lowest BCUT2D eigenvalue weighted by molar-refractivity contribution is 0.219. The summed E-state index contributed by atoms with van der Waals surface area (Å²) in [6, 6.07) is 12.5. The van der Waals surface area contributed by atoms with E-state index in [1.807, 2.05) is 13.0 Å². The molecule has 1 aromatic heterocycles. The van der Waals surface area contributed by atoms with Crippen LogP contribution in [0.15, 0.2) is 47.1 Å². The van der Waals surface area contributed by atoms with Crippen LogP contribution in [0.3, 0.4) is 0 Å². The molecule has 0 spiro atoms. The fraction of sp³-hybridized carbons (Fsp3) is 0.222. The number of hydrogen-bond donors (Lipinski definition) is 1. The van der Waals surface area contributed by atoms with Crippen LogP contribution in [0.25, 0.3) is 10.8 Å². The normalized spacial score (nSPS) is 14.9. The molecule has 4 rings (SSSR count). The third-order valence-corrected chi connectivity index (χ3v) is 4.40. The molecule has 2 aromatic carbocycles. The molecule has 0 saturated heterocycles. The summed E-state index contributed by atoms with van der Waals surface area (Å²) in [5.41, 5.74) is 4.62. The fourth-order valence-electron chi connectivity index (χ4n) is 3.35. The van der Waals surface area contributed by atoms with E-state index in [-0.39, 0.29) is 0 Å². The number of furan rings is 1. The van der Waals surface area contributed by atoms with E-state index in [9.17, 15) is 5.11 Å². The van der Waals surface area contributed by atoms with Crippen molar-refractivity contribution >= 4 is 10.8 Å². The Kier molecular flexibility index (Phi) is 2.48.